The first-order valence-corrected chi connectivity index (χ1v) is 5.84. The number of carbonyl (C=O) groups is 1. The number of hydrogen-bond acceptors (Lipinski definition) is 2. The Bertz CT molecular complexity index is 590. The molecule has 1 aromatic heterocycles. The van der Waals surface area contributed by atoms with Crippen molar-refractivity contribution in [3.63, 3.8) is 0 Å². The Morgan fingerprint density at radius 3 is 2.65 bits per heavy atom. The van der Waals surface area contributed by atoms with Gasteiger partial charge >= 0.3 is 5.97 Å². The van der Waals surface area contributed by atoms with Crippen LogP contribution in [0.25, 0.3) is 5.69 Å². The smallest absolute Gasteiger partial charge is 0.357 e. The zero-order chi connectivity index (χ0) is 12.6. The summed E-state index contributed by atoms with van der Waals surface area (Å²) < 4.78 is 2.05. The SMILES string of the molecule is Cc1ccc(-n2cc(Br)c(C(=O)O)n2)c(C)c1. The third kappa shape index (κ3) is 2.24. The van der Waals surface area contributed by atoms with Crippen molar-refractivity contribution in [1.29, 1.82) is 0 Å². The molecular formula is C12H11BrN2O2. The first-order chi connectivity index (χ1) is 7.99. The zero-order valence-corrected chi connectivity index (χ0v) is 11.0. The van der Waals surface area contributed by atoms with Gasteiger partial charge in [0.05, 0.1) is 10.2 Å². The summed E-state index contributed by atoms with van der Waals surface area (Å²) in [4.78, 5) is 10.9. The molecule has 88 valence electrons. The molecule has 2 rings (SSSR count). The summed E-state index contributed by atoms with van der Waals surface area (Å²) in [6.45, 7) is 3.98. The maximum absolute atomic E-state index is 10.9. The van der Waals surface area contributed by atoms with Crippen LogP contribution in [-0.2, 0) is 0 Å². The molecule has 2 aromatic rings. The van der Waals surface area contributed by atoms with Crippen molar-refractivity contribution in [1.82, 2.24) is 9.78 Å². The molecule has 0 fully saturated rings. The second-order valence-corrected chi connectivity index (χ2v) is 4.72. The number of rotatable bonds is 2. The highest BCUT2D eigenvalue weighted by atomic mass is 79.9. The van der Waals surface area contributed by atoms with E-state index in [-0.39, 0.29) is 5.69 Å². The van der Waals surface area contributed by atoms with Crippen LogP contribution in [0.1, 0.15) is 21.6 Å². The topological polar surface area (TPSA) is 55.1 Å². The van der Waals surface area contributed by atoms with E-state index in [9.17, 15) is 4.79 Å². The van der Waals surface area contributed by atoms with Gasteiger partial charge in [-0.2, -0.15) is 5.10 Å². The quantitative estimate of drug-likeness (QED) is 0.926. The van der Waals surface area contributed by atoms with Gasteiger partial charge in [0.1, 0.15) is 0 Å². The largest absolute Gasteiger partial charge is 0.476 e. The van der Waals surface area contributed by atoms with E-state index in [4.69, 9.17) is 5.11 Å². The average Bonchev–Trinajstić information content (AvgIpc) is 2.60. The van der Waals surface area contributed by atoms with Gasteiger partial charge in [-0.15, -0.1) is 0 Å². The molecule has 0 unspecified atom stereocenters. The average molecular weight is 295 g/mol. The third-order valence-electron chi connectivity index (χ3n) is 2.47. The fraction of sp³-hybridized carbons (Fsp3) is 0.167. The minimum Gasteiger partial charge on any atom is -0.476 e. The van der Waals surface area contributed by atoms with Crippen molar-refractivity contribution in [2.45, 2.75) is 13.8 Å². The Morgan fingerprint density at radius 1 is 1.41 bits per heavy atom. The van der Waals surface area contributed by atoms with E-state index in [2.05, 4.69) is 21.0 Å². The number of carboxylic acid groups (broad SMARTS) is 1. The lowest BCUT2D eigenvalue weighted by atomic mass is 10.1. The Labute approximate surface area is 107 Å². The first kappa shape index (κ1) is 11.9. The number of benzene rings is 1. The summed E-state index contributed by atoms with van der Waals surface area (Å²) in [7, 11) is 0. The van der Waals surface area contributed by atoms with Gasteiger partial charge < -0.3 is 5.11 Å². The molecule has 0 aliphatic rings. The van der Waals surface area contributed by atoms with Crippen molar-refractivity contribution in [2.24, 2.45) is 0 Å². The van der Waals surface area contributed by atoms with Gasteiger partial charge in [-0.25, -0.2) is 9.48 Å². The lowest BCUT2D eigenvalue weighted by molar-refractivity contribution is 0.0689. The van der Waals surface area contributed by atoms with Crippen LogP contribution in [-0.4, -0.2) is 20.9 Å². The van der Waals surface area contributed by atoms with E-state index in [1.165, 1.54) is 0 Å². The van der Waals surface area contributed by atoms with Crippen molar-refractivity contribution < 1.29 is 9.90 Å². The Hall–Kier alpha value is -1.62. The van der Waals surface area contributed by atoms with Crippen LogP contribution < -0.4 is 0 Å². The minimum atomic E-state index is -1.04. The lowest BCUT2D eigenvalue weighted by Crippen LogP contribution is -2.02. The van der Waals surface area contributed by atoms with Crippen LogP contribution in [0.4, 0.5) is 0 Å². The van der Waals surface area contributed by atoms with E-state index in [1.807, 2.05) is 32.0 Å². The van der Waals surface area contributed by atoms with Gasteiger partial charge in [-0.3, -0.25) is 0 Å². The highest BCUT2D eigenvalue weighted by Crippen LogP contribution is 2.20. The zero-order valence-electron chi connectivity index (χ0n) is 9.44. The Balaban J connectivity index is 2.53. The second kappa shape index (κ2) is 4.33. The Kier molecular flexibility index (Phi) is 3.02. The molecule has 0 amide bonds. The molecule has 0 saturated heterocycles. The van der Waals surface area contributed by atoms with Gasteiger partial charge in [-0.05, 0) is 41.4 Å². The van der Waals surface area contributed by atoms with E-state index < -0.39 is 5.97 Å². The monoisotopic (exact) mass is 294 g/mol. The fourth-order valence-corrected chi connectivity index (χ4v) is 2.13. The molecule has 0 bridgehead atoms. The molecule has 0 atom stereocenters. The van der Waals surface area contributed by atoms with Gasteiger partial charge in [0.2, 0.25) is 0 Å². The Morgan fingerprint density at radius 2 is 2.12 bits per heavy atom. The van der Waals surface area contributed by atoms with Crippen LogP contribution >= 0.6 is 15.9 Å². The summed E-state index contributed by atoms with van der Waals surface area (Å²) in [5.74, 6) is -1.04. The number of aromatic carboxylic acids is 1. The fourth-order valence-electron chi connectivity index (χ4n) is 1.68. The van der Waals surface area contributed by atoms with Gasteiger partial charge in [0.25, 0.3) is 0 Å². The molecule has 1 heterocycles. The number of aromatic nitrogens is 2. The maximum Gasteiger partial charge on any atom is 0.357 e. The summed E-state index contributed by atoms with van der Waals surface area (Å²) in [6, 6.07) is 5.93. The highest BCUT2D eigenvalue weighted by molar-refractivity contribution is 9.10. The number of carboxylic acids is 1. The summed E-state index contributed by atoms with van der Waals surface area (Å²) in [5, 5.41) is 13.0. The molecular weight excluding hydrogens is 284 g/mol. The van der Waals surface area contributed by atoms with Crippen LogP contribution in [0.3, 0.4) is 0 Å². The number of aryl methyl sites for hydroxylation is 2. The summed E-state index contributed by atoms with van der Waals surface area (Å²) in [5.41, 5.74) is 3.11. The van der Waals surface area contributed by atoms with Crippen LogP contribution in [0.2, 0.25) is 0 Å². The normalized spacial score (nSPS) is 10.5. The molecule has 1 N–H and O–H groups in total. The van der Waals surface area contributed by atoms with E-state index in [1.54, 1.807) is 10.9 Å². The maximum atomic E-state index is 10.9. The number of nitrogens with zero attached hydrogens (tertiary/aromatic N) is 2. The molecule has 1 aromatic carbocycles. The summed E-state index contributed by atoms with van der Waals surface area (Å²) in [6.07, 6.45) is 1.65. The van der Waals surface area contributed by atoms with Gasteiger partial charge in [0, 0.05) is 6.20 Å². The van der Waals surface area contributed by atoms with Crippen molar-refractivity contribution in [3.8, 4) is 5.69 Å². The summed E-state index contributed by atoms with van der Waals surface area (Å²) >= 11 is 3.19. The minimum absolute atomic E-state index is 0.0185. The molecule has 0 aliphatic heterocycles. The van der Waals surface area contributed by atoms with Crippen LogP contribution in [0, 0.1) is 13.8 Å². The first-order valence-electron chi connectivity index (χ1n) is 5.05. The molecule has 0 spiro atoms. The van der Waals surface area contributed by atoms with E-state index >= 15 is 0 Å². The van der Waals surface area contributed by atoms with Crippen LogP contribution in [0.15, 0.2) is 28.9 Å². The predicted octanol–water partition coefficient (Wildman–Crippen LogP) is 2.95. The second-order valence-electron chi connectivity index (χ2n) is 3.87. The van der Waals surface area contributed by atoms with E-state index in [0.29, 0.717) is 4.47 Å². The molecule has 0 aliphatic carbocycles. The molecule has 0 saturated carbocycles. The molecule has 0 radical (unpaired) electrons. The predicted molar refractivity (Wildman–Crippen MR) is 67.7 cm³/mol. The third-order valence-corrected chi connectivity index (χ3v) is 3.05. The van der Waals surface area contributed by atoms with E-state index in [0.717, 1.165) is 16.8 Å². The highest BCUT2D eigenvalue weighted by Gasteiger charge is 2.15. The van der Waals surface area contributed by atoms with Crippen molar-refractivity contribution >= 4 is 21.9 Å². The van der Waals surface area contributed by atoms with Crippen LogP contribution in [0.5, 0.6) is 0 Å². The number of hydrogen-bond donors (Lipinski definition) is 1. The van der Waals surface area contributed by atoms with Gasteiger partial charge in [-0.1, -0.05) is 17.7 Å². The molecule has 5 heteroatoms. The molecule has 17 heavy (non-hydrogen) atoms. The molecule has 4 nitrogen and oxygen atoms in total. The van der Waals surface area contributed by atoms with Crippen molar-refractivity contribution in [3.05, 3.63) is 45.7 Å². The number of halogens is 1. The van der Waals surface area contributed by atoms with Gasteiger partial charge in [0.15, 0.2) is 5.69 Å². The standard InChI is InChI=1S/C12H11BrN2O2/c1-7-3-4-10(8(2)5-7)15-6-9(13)11(14-15)12(16)17/h3-6H,1-2H3,(H,16,17). The van der Waals surface area contributed by atoms with Crippen molar-refractivity contribution in [2.75, 3.05) is 0 Å². The lowest BCUT2D eigenvalue weighted by Gasteiger charge is -2.06.